The molecular weight excluding hydrogens is 287 g/mol. The van der Waals surface area contributed by atoms with E-state index in [0.717, 1.165) is 11.3 Å². The lowest BCUT2D eigenvalue weighted by molar-refractivity contribution is -0.159. The first kappa shape index (κ1) is 13.3. The van der Waals surface area contributed by atoms with Crippen LogP contribution in [0.5, 0.6) is 0 Å². The van der Waals surface area contributed by atoms with Crippen LogP contribution in [0.15, 0.2) is 39.4 Å². The Labute approximate surface area is 116 Å². The molecule has 0 aliphatic carbocycles. The van der Waals surface area contributed by atoms with Crippen LogP contribution in [0.3, 0.4) is 0 Å². The van der Waals surface area contributed by atoms with E-state index >= 15 is 0 Å². The zero-order valence-corrected chi connectivity index (χ0v) is 10.7. The van der Waals surface area contributed by atoms with Crippen molar-refractivity contribution in [1.29, 1.82) is 0 Å². The first-order valence-electron chi connectivity index (χ1n) is 5.88. The number of aryl methyl sites for hydroxylation is 1. The van der Waals surface area contributed by atoms with E-state index in [9.17, 15) is 13.2 Å². The first-order valence-corrected chi connectivity index (χ1v) is 5.88. The van der Waals surface area contributed by atoms with Gasteiger partial charge in [-0.25, -0.2) is 0 Å². The summed E-state index contributed by atoms with van der Waals surface area (Å²) in [5.74, 6) is -0.918. The number of aromatic nitrogens is 3. The molecule has 3 aromatic rings. The van der Waals surface area contributed by atoms with Crippen LogP contribution < -0.4 is 0 Å². The van der Waals surface area contributed by atoms with Crippen LogP contribution in [-0.2, 0) is 6.18 Å². The van der Waals surface area contributed by atoms with Gasteiger partial charge in [-0.1, -0.05) is 34.6 Å². The van der Waals surface area contributed by atoms with Gasteiger partial charge in [0.25, 0.3) is 0 Å². The Morgan fingerprint density at radius 3 is 2.14 bits per heavy atom. The van der Waals surface area contributed by atoms with Crippen LogP contribution in [0, 0.1) is 6.92 Å². The summed E-state index contributed by atoms with van der Waals surface area (Å²) >= 11 is 0. The molecule has 0 spiro atoms. The van der Waals surface area contributed by atoms with Crippen molar-refractivity contribution in [2.75, 3.05) is 0 Å². The molecule has 2 aromatic heterocycles. The van der Waals surface area contributed by atoms with Gasteiger partial charge in [-0.2, -0.15) is 18.2 Å². The van der Waals surface area contributed by atoms with E-state index in [-0.39, 0.29) is 5.82 Å². The minimum Gasteiger partial charge on any atom is -0.356 e. The molecule has 2 heterocycles. The van der Waals surface area contributed by atoms with Crippen molar-refractivity contribution in [2.24, 2.45) is 0 Å². The van der Waals surface area contributed by atoms with Crippen molar-refractivity contribution in [3.8, 4) is 22.7 Å². The Kier molecular flexibility index (Phi) is 3.00. The molecule has 5 nitrogen and oxygen atoms in total. The maximum atomic E-state index is 12.4. The smallest absolute Gasteiger partial charge is 0.356 e. The molecule has 0 aliphatic rings. The van der Waals surface area contributed by atoms with Crippen molar-refractivity contribution in [3.05, 3.63) is 41.9 Å². The average Bonchev–Trinajstić information content (AvgIpc) is 3.07. The predicted octanol–water partition coefficient (Wildman–Crippen LogP) is 3.72. The summed E-state index contributed by atoms with van der Waals surface area (Å²) in [7, 11) is 0. The Bertz CT molecular complexity index is 760. The molecular formula is C13H8F3N3O2. The zero-order chi connectivity index (χ0) is 15.0. The number of hydrogen-bond acceptors (Lipinski definition) is 5. The largest absolute Gasteiger partial charge is 0.471 e. The molecule has 0 atom stereocenters. The van der Waals surface area contributed by atoms with Crippen LogP contribution >= 0.6 is 0 Å². The highest BCUT2D eigenvalue weighted by molar-refractivity contribution is 5.63. The molecule has 108 valence electrons. The molecule has 0 unspecified atom stereocenters. The van der Waals surface area contributed by atoms with Gasteiger partial charge < -0.3 is 9.05 Å². The van der Waals surface area contributed by atoms with E-state index < -0.39 is 12.1 Å². The summed E-state index contributed by atoms with van der Waals surface area (Å²) in [4.78, 5) is 3.32. The third-order valence-electron chi connectivity index (χ3n) is 2.72. The van der Waals surface area contributed by atoms with E-state index in [1.165, 1.54) is 0 Å². The molecule has 8 heteroatoms. The van der Waals surface area contributed by atoms with Gasteiger partial charge in [0.05, 0.1) is 5.69 Å². The first-order chi connectivity index (χ1) is 9.93. The lowest BCUT2D eigenvalue weighted by atomic mass is 10.1. The molecule has 3 rings (SSSR count). The highest BCUT2D eigenvalue weighted by atomic mass is 19.4. The molecule has 0 radical (unpaired) electrons. The van der Waals surface area contributed by atoms with Crippen LogP contribution in [0.4, 0.5) is 13.2 Å². The van der Waals surface area contributed by atoms with Gasteiger partial charge in [-0.05, 0) is 6.92 Å². The average molecular weight is 295 g/mol. The highest BCUT2D eigenvalue weighted by Gasteiger charge is 2.38. The molecule has 0 amide bonds. The fraction of sp³-hybridized carbons (Fsp3) is 0.154. The van der Waals surface area contributed by atoms with Gasteiger partial charge in [0.2, 0.25) is 5.82 Å². The van der Waals surface area contributed by atoms with E-state index in [0.29, 0.717) is 11.3 Å². The second kappa shape index (κ2) is 4.72. The molecule has 0 aliphatic heterocycles. The van der Waals surface area contributed by atoms with E-state index in [4.69, 9.17) is 4.52 Å². The van der Waals surface area contributed by atoms with Crippen molar-refractivity contribution in [2.45, 2.75) is 13.1 Å². The monoisotopic (exact) mass is 295 g/mol. The van der Waals surface area contributed by atoms with Gasteiger partial charge in [-0.15, -0.1) is 0 Å². The number of alkyl halides is 3. The van der Waals surface area contributed by atoms with Gasteiger partial charge in [-0.3, -0.25) is 0 Å². The Morgan fingerprint density at radius 2 is 1.62 bits per heavy atom. The van der Waals surface area contributed by atoms with Gasteiger partial charge in [0.15, 0.2) is 5.76 Å². The summed E-state index contributed by atoms with van der Waals surface area (Å²) in [6.45, 7) is 1.79. The Morgan fingerprint density at radius 1 is 0.952 bits per heavy atom. The van der Waals surface area contributed by atoms with Crippen molar-refractivity contribution in [3.63, 3.8) is 0 Å². The van der Waals surface area contributed by atoms with Crippen molar-refractivity contribution in [1.82, 2.24) is 15.3 Å². The van der Waals surface area contributed by atoms with E-state index in [1.54, 1.807) is 37.3 Å². The molecule has 0 saturated heterocycles. The van der Waals surface area contributed by atoms with Crippen LogP contribution in [-0.4, -0.2) is 15.3 Å². The summed E-state index contributed by atoms with van der Waals surface area (Å²) in [6, 6.07) is 8.28. The predicted molar refractivity (Wildman–Crippen MR) is 65.0 cm³/mol. The van der Waals surface area contributed by atoms with E-state index in [1.807, 2.05) is 0 Å². The molecule has 0 bridgehead atoms. The molecule has 0 saturated carbocycles. The fourth-order valence-corrected chi connectivity index (χ4v) is 1.74. The van der Waals surface area contributed by atoms with Gasteiger partial charge in [0.1, 0.15) is 0 Å². The lowest BCUT2D eigenvalue weighted by Crippen LogP contribution is -2.04. The Hall–Kier alpha value is -2.64. The third-order valence-corrected chi connectivity index (χ3v) is 2.72. The van der Waals surface area contributed by atoms with Crippen molar-refractivity contribution < 1.29 is 22.2 Å². The lowest BCUT2D eigenvalue weighted by Gasteiger charge is -1.98. The minimum atomic E-state index is -4.65. The van der Waals surface area contributed by atoms with Crippen LogP contribution in [0.25, 0.3) is 22.7 Å². The number of benzene rings is 1. The molecule has 0 N–H and O–H groups in total. The number of rotatable bonds is 2. The topological polar surface area (TPSA) is 65.0 Å². The van der Waals surface area contributed by atoms with Gasteiger partial charge in [0, 0.05) is 17.2 Å². The summed E-state index contributed by atoms with van der Waals surface area (Å²) in [5.41, 5.74) is 1.90. The maximum Gasteiger partial charge on any atom is 0.471 e. The maximum absolute atomic E-state index is 12.4. The number of hydrogen-bond donors (Lipinski definition) is 0. The van der Waals surface area contributed by atoms with Crippen LogP contribution in [0.1, 0.15) is 11.6 Å². The number of halogens is 3. The van der Waals surface area contributed by atoms with Crippen LogP contribution in [0.2, 0.25) is 0 Å². The second-order valence-corrected chi connectivity index (χ2v) is 4.33. The minimum absolute atomic E-state index is 0.123. The molecule has 1 aromatic carbocycles. The summed E-state index contributed by atoms with van der Waals surface area (Å²) in [5, 5.41) is 7.08. The highest BCUT2D eigenvalue weighted by Crippen LogP contribution is 2.30. The SMILES string of the molecule is Cc1cc(-c2ccc(-c3noc(C(F)(F)F)n3)cc2)on1. The van der Waals surface area contributed by atoms with Crippen molar-refractivity contribution >= 4 is 0 Å². The summed E-state index contributed by atoms with van der Waals surface area (Å²) < 4.78 is 46.5. The van der Waals surface area contributed by atoms with E-state index in [2.05, 4.69) is 19.8 Å². The normalized spacial score (nSPS) is 11.8. The molecule has 21 heavy (non-hydrogen) atoms. The zero-order valence-electron chi connectivity index (χ0n) is 10.7. The Balaban J connectivity index is 1.89. The summed E-state index contributed by atoms with van der Waals surface area (Å²) in [6.07, 6.45) is -4.65. The van der Waals surface area contributed by atoms with Gasteiger partial charge >= 0.3 is 12.1 Å². The quantitative estimate of drug-likeness (QED) is 0.721. The third kappa shape index (κ3) is 2.64. The second-order valence-electron chi connectivity index (χ2n) is 4.33. The molecule has 0 fully saturated rings. The standard InChI is InChI=1S/C13H8F3N3O2/c1-7-6-10(20-18-7)8-2-4-9(5-3-8)11-17-12(21-19-11)13(14,15)16/h2-6H,1H3. The fourth-order valence-electron chi connectivity index (χ4n) is 1.74. The number of nitrogens with zero attached hydrogens (tertiary/aromatic N) is 3.